The highest BCUT2D eigenvalue weighted by Crippen LogP contribution is 2.35. The van der Waals surface area contributed by atoms with Crippen molar-refractivity contribution in [3.63, 3.8) is 0 Å². The van der Waals surface area contributed by atoms with Crippen molar-refractivity contribution in [2.75, 3.05) is 6.54 Å². The average Bonchev–Trinajstić information content (AvgIpc) is 3.62. The lowest BCUT2D eigenvalue weighted by Crippen LogP contribution is -2.41. The van der Waals surface area contributed by atoms with Gasteiger partial charge in [-0.1, -0.05) is 0 Å². The highest BCUT2D eigenvalue weighted by atomic mass is 19.1. The fourth-order valence-corrected chi connectivity index (χ4v) is 4.78. The summed E-state index contributed by atoms with van der Waals surface area (Å²) >= 11 is 0. The van der Waals surface area contributed by atoms with Crippen LogP contribution >= 0.6 is 0 Å². The second kappa shape index (κ2) is 7.58. The number of rotatable bonds is 4. The molecule has 5 aromatic rings. The van der Waals surface area contributed by atoms with Gasteiger partial charge < -0.3 is 14.3 Å². The molecule has 12 heteroatoms. The van der Waals surface area contributed by atoms with Gasteiger partial charge in [-0.15, -0.1) is 10.2 Å². The summed E-state index contributed by atoms with van der Waals surface area (Å²) in [6.07, 6.45) is 10.8. The van der Waals surface area contributed by atoms with E-state index in [2.05, 4.69) is 30.4 Å². The number of carbonyl (C=O) groups is 1. The molecule has 2 aliphatic rings. The number of nitrogens with one attached hydrogen (secondary N) is 1. The highest BCUT2D eigenvalue weighted by molar-refractivity contribution is 5.90. The quantitative estimate of drug-likeness (QED) is 0.426. The zero-order valence-electron chi connectivity index (χ0n) is 18.5. The van der Waals surface area contributed by atoms with Crippen molar-refractivity contribution in [1.82, 2.24) is 44.5 Å². The molecule has 1 amide bonds. The zero-order chi connectivity index (χ0) is 23.5. The maximum absolute atomic E-state index is 14.4. The van der Waals surface area contributed by atoms with Gasteiger partial charge in [0.2, 0.25) is 0 Å². The molecular weight excluding hydrogens is 453 g/mol. The number of carbonyl (C=O) groups excluding carboxylic acids is 1. The van der Waals surface area contributed by atoms with Crippen molar-refractivity contribution in [1.29, 1.82) is 0 Å². The van der Waals surface area contributed by atoms with Gasteiger partial charge in [0.05, 0.1) is 35.5 Å². The van der Waals surface area contributed by atoms with E-state index in [9.17, 15) is 9.18 Å². The van der Waals surface area contributed by atoms with Crippen molar-refractivity contribution >= 4 is 11.4 Å². The van der Waals surface area contributed by atoms with Crippen LogP contribution in [0.25, 0.3) is 17.0 Å². The smallest absolute Gasteiger partial charge is 0.312 e. The Kier molecular flexibility index (Phi) is 4.35. The number of amides is 1. The Morgan fingerprint density at radius 2 is 2.17 bits per heavy atom. The van der Waals surface area contributed by atoms with Crippen LogP contribution in [0.4, 0.5) is 4.39 Å². The van der Waals surface area contributed by atoms with Crippen LogP contribution in [0.15, 0.2) is 47.5 Å². The van der Waals surface area contributed by atoms with E-state index in [1.165, 1.54) is 17.0 Å². The first-order chi connectivity index (χ1) is 17.2. The standard InChI is InChI=1S/C23H20FN9O2/c24-15-5-2-7-32-18(15)9-17(30-32)20-19-16(25-12-26-19)6-8-31(20)23(34)22-29-28-21(35-22)13-10-27-33(11-13)14-3-1-4-14/h2,5,7,9-12,14,20H,1,3-4,6,8H2,(H,25,26). The summed E-state index contributed by atoms with van der Waals surface area (Å²) in [6, 6.07) is 4.36. The highest BCUT2D eigenvalue weighted by Gasteiger charge is 2.38. The van der Waals surface area contributed by atoms with Gasteiger partial charge in [-0.3, -0.25) is 9.48 Å². The van der Waals surface area contributed by atoms with E-state index in [1.54, 1.807) is 35.8 Å². The topological polar surface area (TPSA) is 123 Å². The number of imidazole rings is 1. The van der Waals surface area contributed by atoms with E-state index in [0.29, 0.717) is 41.5 Å². The molecule has 176 valence electrons. The fourth-order valence-electron chi connectivity index (χ4n) is 4.78. The number of aromatic amines is 1. The Morgan fingerprint density at radius 3 is 3.00 bits per heavy atom. The molecule has 1 aliphatic carbocycles. The number of hydrogen-bond donors (Lipinski definition) is 1. The molecule has 11 nitrogen and oxygen atoms in total. The van der Waals surface area contributed by atoms with Gasteiger partial charge in [0.1, 0.15) is 17.4 Å². The second-order valence-electron chi connectivity index (χ2n) is 8.88. The SMILES string of the molecule is O=C(c1nnc(-c2cnn(C3CCC3)c2)o1)N1CCc2[nH]cnc2C1c1cc2c(F)cccn2n1. The molecule has 5 aromatic heterocycles. The predicted molar refractivity (Wildman–Crippen MR) is 119 cm³/mol. The summed E-state index contributed by atoms with van der Waals surface area (Å²) in [7, 11) is 0. The normalized spacial score (nSPS) is 18.1. The van der Waals surface area contributed by atoms with Crippen molar-refractivity contribution in [2.24, 2.45) is 0 Å². The van der Waals surface area contributed by atoms with Crippen LogP contribution in [0.5, 0.6) is 0 Å². The molecule has 1 fully saturated rings. The summed E-state index contributed by atoms with van der Waals surface area (Å²) in [6.45, 7) is 0.381. The molecule has 1 unspecified atom stereocenters. The number of fused-ring (bicyclic) bond motifs is 2. The van der Waals surface area contributed by atoms with Crippen molar-refractivity contribution in [3.05, 3.63) is 71.9 Å². The van der Waals surface area contributed by atoms with Crippen LogP contribution in [0.1, 0.15) is 59.1 Å². The first-order valence-electron chi connectivity index (χ1n) is 11.5. The fraction of sp³-hybridized carbons (Fsp3) is 0.304. The molecular formula is C23H20FN9O2. The molecule has 0 bridgehead atoms. The molecule has 0 saturated heterocycles. The largest absolute Gasteiger partial charge is 0.412 e. The molecule has 1 aliphatic heterocycles. The number of nitrogens with zero attached hydrogens (tertiary/aromatic N) is 8. The third-order valence-electron chi connectivity index (χ3n) is 6.84. The first kappa shape index (κ1) is 20.1. The average molecular weight is 473 g/mol. The molecule has 1 saturated carbocycles. The Hall–Kier alpha value is -4.35. The summed E-state index contributed by atoms with van der Waals surface area (Å²) in [5, 5.41) is 17.1. The van der Waals surface area contributed by atoms with Gasteiger partial charge in [-0.25, -0.2) is 13.9 Å². The van der Waals surface area contributed by atoms with Gasteiger partial charge in [0, 0.05) is 31.1 Å². The molecule has 1 atom stereocenters. The van der Waals surface area contributed by atoms with Crippen LogP contribution in [-0.4, -0.2) is 56.9 Å². The zero-order valence-corrected chi connectivity index (χ0v) is 18.5. The Balaban J connectivity index is 1.23. The number of hydrogen-bond acceptors (Lipinski definition) is 7. The van der Waals surface area contributed by atoms with Crippen molar-refractivity contribution in [2.45, 2.75) is 37.8 Å². The third-order valence-corrected chi connectivity index (χ3v) is 6.84. The molecule has 0 aromatic carbocycles. The number of aromatic nitrogens is 8. The minimum Gasteiger partial charge on any atom is -0.412 e. The van der Waals surface area contributed by atoms with Crippen LogP contribution in [-0.2, 0) is 6.42 Å². The Labute approximate surface area is 197 Å². The van der Waals surface area contributed by atoms with E-state index >= 15 is 0 Å². The van der Waals surface area contributed by atoms with Gasteiger partial charge in [-0.05, 0) is 37.5 Å². The van der Waals surface area contributed by atoms with E-state index < -0.39 is 17.8 Å². The van der Waals surface area contributed by atoms with Crippen LogP contribution in [0.2, 0.25) is 0 Å². The maximum atomic E-state index is 14.4. The first-order valence-corrected chi connectivity index (χ1v) is 11.5. The summed E-state index contributed by atoms with van der Waals surface area (Å²) in [5.74, 6) is -0.726. The second-order valence-corrected chi connectivity index (χ2v) is 8.88. The summed E-state index contributed by atoms with van der Waals surface area (Å²) in [5.41, 5.74) is 3.06. The van der Waals surface area contributed by atoms with E-state index in [4.69, 9.17) is 4.42 Å². The molecule has 7 rings (SSSR count). The lowest BCUT2D eigenvalue weighted by atomic mass is 9.93. The summed E-state index contributed by atoms with van der Waals surface area (Å²) < 4.78 is 23.5. The molecule has 0 radical (unpaired) electrons. The van der Waals surface area contributed by atoms with E-state index in [-0.39, 0.29) is 11.8 Å². The van der Waals surface area contributed by atoms with Crippen LogP contribution in [0.3, 0.4) is 0 Å². The van der Waals surface area contributed by atoms with Crippen molar-refractivity contribution in [3.8, 4) is 11.5 Å². The van der Waals surface area contributed by atoms with Gasteiger partial charge in [0.25, 0.3) is 5.89 Å². The van der Waals surface area contributed by atoms with Crippen molar-refractivity contribution < 1.29 is 13.6 Å². The van der Waals surface area contributed by atoms with Crippen LogP contribution < -0.4 is 0 Å². The number of H-pyrrole nitrogens is 1. The predicted octanol–water partition coefficient (Wildman–Crippen LogP) is 2.96. The van der Waals surface area contributed by atoms with Crippen LogP contribution in [0, 0.1) is 5.82 Å². The molecule has 1 N–H and O–H groups in total. The lowest BCUT2D eigenvalue weighted by molar-refractivity contribution is 0.0646. The van der Waals surface area contributed by atoms with E-state index in [0.717, 1.165) is 18.5 Å². The van der Waals surface area contributed by atoms with E-state index in [1.807, 2.05) is 10.9 Å². The minimum absolute atomic E-state index is 0.129. The number of halogens is 1. The Bertz CT molecular complexity index is 1560. The number of pyridine rings is 1. The molecule has 35 heavy (non-hydrogen) atoms. The third kappa shape index (κ3) is 3.16. The van der Waals surface area contributed by atoms with Gasteiger partial charge >= 0.3 is 11.8 Å². The monoisotopic (exact) mass is 473 g/mol. The Morgan fingerprint density at radius 1 is 1.26 bits per heavy atom. The summed E-state index contributed by atoms with van der Waals surface area (Å²) in [4.78, 5) is 22.7. The van der Waals surface area contributed by atoms with Gasteiger partial charge in [0.15, 0.2) is 0 Å². The minimum atomic E-state index is -0.631. The molecule has 6 heterocycles. The molecule has 0 spiro atoms. The lowest BCUT2D eigenvalue weighted by Gasteiger charge is -2.32. The maximum Gasteiger partial charge on any atom is 0.312 e. The van der Waals surface area contributed by atoms with Gasteiger partial charge in [-0.2, -0.15) is 10.2 Å².